The normalized spacial score (nSPS) is 54.1. The van der Waals surface area contributed by atoms with Crippen LogP contribution in [0.25, 0.3) is 0 Å². The quantitative estimate of drug-likeness (QED) is 0.577. The van der Waals surface area contributed by atoms with Gasteiger partial charge in [0.1, 0.15) is 0 Å². The van der Waals surface area contributed by atoms with E-state index in [1.807, 2.05) is 0 Å². The molecule has 4 rings (SSSR count). The molecule has 0 N–H and O–H groups in total. The topological polar surface area (TPSA) is 0 Å². The second-order valence-corrected chi connectivity index (χ2v) is 5.98. The standard InChI is InChI=1S/C14H22/c1-4-9(2)14-7-11(8-14)13-6-5-12(13)10(14)3/h10-13H,2,4-8H2,1,3H3. The Morgan fingerprint density at radius 1 is 1.29 bits per heavy atom. The largest absolute Gasteiger partial charge is 0.0993 e. The van der Waals surface area contributed by atoms with Gasteiger partial charge in [0, 0.05) is 0 Å². The Balaban J connectivity index is 1.87. The minimum Gasteiger partial charge on any atom is -0.0993 e. The molecule has 14 heavy (non-hydrogen) atoms. The van der Waals surface area contributed by atoms with Crippen LogP contribution in [0.4, 0.5) is 0 Å². The van der Waals surface area contributed by atoms with Crippen molar-refractivity contribution in [3.05, 3.63) is 12.2 Å². The molecule has 0 spiro atoms. The van der Waals surface area contributed by atoms with Crippen LogP contribution in [0.5, 0.6) is 0 Å². The summed E-state index contributed by atoms with van der Waals surface area (Å²) < 4.78 is 0. The van der Waals surface area contributed by atoms with Crippen LogP contribution >= 0.6 is 0 Å². The fourth-order valence-corrected chi connectivity index (χ4v) is 4.68. The molecule has 0 aliphatic heterocycles. The lowest BCUT2D eigenvalue weighted by Crippen LogP contribution is -2.59. The van der Waals surface area contributed by atoms with E-state index in [-0.39, 0.29) is 0 Å². The molecule has 4 saturated carbocycles. The molecule has 4 aliphatic rings. The zero-order valence-electron chi connectivity index (χ0n) is 9.55. The molecule has 0 aromatic heterocycles. The molecule has 0 amide bonds. The summed E-state index contributed by atoms with van der Waals surface area (Å²) in [6.07, 6.45) is 7.23. The van der Waals surface area contributed by atoms with Crippen molar-refractivity contribution < 1.29 is 0 Å². The summed E-state index contributed by atoms with van der Waals surface area (Å²) in [6.45, 7) is 9.13. The zero-order valence-corrected chi connectivity index (χ0v) is 9.55. The monoisotopic (exact) mass is 190 g/mol. The Hall–Kier alpha value is -0.260. The van der Waals surface area contributed by atoms with Gasteiger partial charge in [0.05, 0.1) is 0 Å². The van der Waals surface area contributed by atoms with Gasteiger partial charge in [-0.3, -0.25) is 0 Å². The van der Waals surface area contributed by atoms with Crippen molar-refractivity contribution in [3.63, 3.8) is 0 Å². The van der Waals surface area contributed by atoms with Crippen LogP contribution in [0.2, 0.25) is 0 Å². The van der Waals surface area contributed by atoms with Gasteiger partial charge >= 0.3 is 0 Å². The summed E-state index contributed by atoms with van der Waals surface area (Å²) in [4.78, 5) is 0. The molecule has 4 aliphatic carbocycles. The first-order chi connectivity index (χ1) is 6.69. The fourth-order valence-electron chi connectivity index (χ4n) is 4.68. The first kappa shape index (κ1) is 9.00. The number of allylic oxidation sites excluding steroid dienone is 1. The summed E-state index contributed by atoms with van der Waals surface area (Å²) in [5.74, 6) is 4.23. The molecule has 0 aromatic carbocycles. The lowest BCUT2D eigenvalue weighted by molar-refractivity contribution is -0.155. The van der Waals surface area contributed by atoms with Gasteiger partial charge in [0.15, 0.2) is 0 Å². The van der Waals surface area contributed by atoms with Crippen molar-refractivity contribution in [2.24, 2.45) is 29.1 Å². The van der Waals surface area contributed by atoms with Gasteiger partial charge in [-0.25, -0.2) is 0 Å². The Morgan fingerprint density at radius 2 is 1.93 bits per heavy atom. The van der Waals surface area contributed by atoms with Crippen molar-refractivity contribution in [3.8, 4) is 0 Å². The van der Waals surface area contributed by atoms with Gasteiger partial charge in [-0.15, -0.1) is 0 Å². The molecule has 3 atom stereocenters. The van der Waals surface area contributed by atoms with Gasteiger partial charge in [0.25, 0.3) is 0 Å². The van der Waals surface area contributed by atoms with Gasteiger partial charge < -0.3 is 0 Å². The van der Waals surface area contributed by atoms with Crippen LogP contribution in [0.3, 0.4) is 0 Å². The molecule has 0 saturated heterocycles. The fraction of sp³-hybridized carbons (Fsp3) is 0.857. The molecule has 0 nitrogen and oxygen atoms in total. The van der Waals surface area contributed by atoms with Crippen LogP contribution in [-0.4, -0.2) is 0 Å². The lowest BCUT2D eigenvalue weighted by Gasteiger charge is -2.68. The Morgan fingerprint density at radius 3 is 2.43 bits per heavy atom. The average molecular weight is 190 g/mol. The highest BCUT2D eigenvalue weighted by Crippen LogP contribution is 2.70. The second kappa shape index (κ2) is 2.65. The summed E-state index contributed by atoms with van der Waals surface area (Å²) in [6, 6.07) is 0. The van der Waals surface area contributed by atoms with Crippen molar-refractivity contribution in [2.75, 3.05) is 0 Å². The molecule has 3 unspecified atom stereocenters. The predicted octanol–water partition coefficient (Wildman–Crippen LogP) is 4.02. The average Bonchev–Trinajstić information content (AvgIpc) is 2.04. The summed E-state index contributed by atoms with van der Waals surface area (Å²) in [5, 5.41) is 0. The maximum absolute atomic E-state index is 4.34. The third-order valence-corrected chi connectivity index (χ3v) is 5.89. The van der Waals surface area contributed by atoms with Crippen molar-refractivity contribution in [1.82, 2.24) is 0 Å². The van der Waals surface area contributed by atoms with Crippen LogP contribution in [0, 0.1) is 29.1 Å². The van der Waals surface area contributed by atoms with E-state index < -0.39 is 0 Å². The first-order valence-corrected chi connectivity index (χ1v) is 6.37. The first-order valence-electron chi connectivity index (χ1n) is 6.37. The van der Waals surface area contributed by atoms with E-state index in [1.54, 1.807) is 5.57 Å². The molecule has 0 aromatic rings. The third-order valence-electron chi connectivity index (χ3n) is 5.89. The summed E-state index contributed by atoms with van der Waals surface area (Å²) in [7, 11) is 0. The van der Waals surface area contributed by atoms with Gasteiger partial charge in [-0.1, -0.05) is 26.0 Å². The van der Waals surface area contributed by atoms with Crippen molar-refractivity contribution in [2.45, 2.75) is 46.0 Å². The van der Waals surface area contributed by atoms with Crippen LogP contribution < -0.4 is 0 Å². The molecular weight excluding hydrogens is 168 g/mol. The van der Waals surface area contributed by atoms with E-state index in [9.17, 15) is 0 Å². The molecule has 2 bridgehead atoms. The van der Waals surface area contributed by atoms with Crippen molar-refractivity contribution in [1.29, 1.82) is 0 Å². The van der Waals surface area contributed by atoms with Gasteiger partial charge in [-0.05, 0) is 61.2 Å². The molecule has 0 radical (unpaired) electrons. The summed E-state index contributed by atoms with van der Waals surface area (Å²) in [5.41, 5.74) is 2.16. The van der Waals surface area contributed by atoms with E-state index >= 15 is 0 Å². The SMILES string of the molecule is C=C(CC)C12CC(C1)C1CCC1C2C. The zero-order chi connectivity index (χ0) is 9.92. The Bertz CT molecular complexity index is 270. The van der Waals surface area contributed by atoms with E-state index in [4.69, 9.17) is 0 Å². The number of hydrogen-bond donors (Lipinski definition) is 0. The smallest absolute Gasteiger partial charge is 0.00571 e. The highest BCUT2D eigenvalue weighted by molar-refractivity contribution is 5.24. The molecule has 0 heteroatoms. The van der Waals surface area contributed by atoms with Crippen LogP contribution in [-0.2, 0) is 0 Å². The highest BCUT2D eigenvalue weighted by atomic mass is 14.7. The summed E-state index contributed by atoms with van der Waals surface area (Å²) >= 11 is 0. The lowest BCUT2D eigenvalue weighted by atomic mass is 9.37. The minimum absolute atomic E-state index is 0.598. The number of rotatable bonds is 2. The van der Waals surface area contributed by atoms with E-state index in [0.717, 1.165) is 23.7 Å². The third kappa shape index (κ3) is 0.816. The molecular formula is C14H22. The second-order valence-electron chi connectivity index (χ2n) is 5.98. The van der Waals surface area contributed by atoms with Gasteiger partial charge in [-0.2, -0.15) is 0 Å². The van der Waals surface area contributed by atoms with Crippen LogP contribution in [0.1, 0.15) is 46.0 Å². The van der Waals surface area contributed by atoms with Crippen LogP contribution in [0.15, 0.2) is 12.2 Å². The van der Waals surface area contributed by atoms with Crippen molar-refractivity contribution >= 4 is 0 Å². The Kier molecular flexibility index (Phi) is 1.70. The Labute approximate surface area is 87.8 Å². The van der Waals surface area contributed by atoms with E-state index in [1.165, 1.54) is 32.1 Å². The molecule has 0 heterocycles. The number of hydrogen-bond acceptors (Lipinski definition) is 0. The maximum atomic E-state index is 4.34. The minimum atomic E-state index is 0.598. The molecule has 78 valence electrons. The van der Waals surface area contributed by atoms with Gasteiger partial charge in [0.2, 0.25) is 0 Å². The van der Waals surface area contributed by atoms with E-state index in [0.29, 0.717) is 5.41 Å². The maximum Gasteiger partial charge on any atom is -0.00571 e. The predicted molar refractivity (Wildman–Crippen MR) is 60.0 cm³/mol. The molecule has 4 fully saturated rings. The highest BCUT2D eigenvalue weighted by Gasteiger charge is 2.62. The van der Waals surface area contributed by atoms with E-state index in [2.05, 4.69) is 20.4 Å².